The van der Waals surface area contributed by atoms with Crippen LogP contribution in [0.15, 0.2) is 30.3 Å². The molecule has 0 aliphatic heterocycles. The topological polar surface area (TPSA) is 72.2 Å². The van der Waals surface area contributed by atoms with Crippen LogP contribution in [-0.4, -0.2) is 28.6 Å². The summed E-state index contributed by atoms with van der Waals surface area (Å²) < 4.78 is 41.4. The number of hydrogen-bond acceptors (Lipinski definition) is 2. The first-order valence-electron chi connectivity index (χ1n) is 8.97. The summed E-state index contributed by atoms with van der Waals surface area (Å²) in [5.74, 6) is -6.26. The quantitative estimate of drug-likeness (QED) is 0.412. The molecule has 0 spiro atoms. The Kier molecular flexibility index (Phi) is 6.73. The fourth-order valence-electron chi connectivity index (χ4n) is 3.75. The van der Waals surface area contributed by atoms with Gasteiger partial charge >= 0.3 is 0 Å². The minimum absolute atomic E-state index is 0.0814. The standard InChI is InChI=1S/C20H15Cl4F3N2O2/c21-6-1-7-29-17(30)14-13(26)5-3-10(15(14)27)19(18(28)31)16(20(19,23)24)9-2-4-12(25)11(22)8-9/h2-5,8,16H,1,6-7H2,(H2,28,31)(H,29,30). The first kappa shape index (κ1) is 24.0. The zero-order valence-electron chi connectivity index (χ0n) is 15.6. The summed E-state index contributed by atoms with van der Waals surface area (Å²) in [5.41, 5.74) is 2.36. The molecule has 0 heterocycles. The van der Waals surface area contributed by atoms with Crippen molar-refractivity contribution in [3.05, 3.63) is 69.5 Å². The molecule has 0 aromatic heterocycles. The van der Waals surface area contributed by atoms with Gasteiger partial charge in [0, 0.05) is 23.9 Å². The van der Waals surface area contributed by atoms with Crippen LogP contribution >= 0.6 is 46.4 Å². The second-order valence-corrected chi connectivity index (χ2v) is 9.16. The van der Waals surface area contributed by atoms with Crippen LogP contribution in [0.4, 0.5) is 13.2 Å². The number of hydrogen-bond donors (Lipinski definition) is 2. The highest BCUT2D eigenvalue weighted by Crippen LogP contribution is 2.74. The van der Waals surface area contributed by atoms with Crippen LogP contribution in [0.2, 0.25) is 5.02 Å². The van der Waals surface area contributed by atoms with Crippen LogP contribution in [-0.2, 0) is 10.2 Å². The second kappa shape index (κ2) is 8.70. The molecule has 2 atom stereocenters. The van der Waals surface area contributed by atoms with Crippen molar-refractivity contribution in [2.24, 2.45) is 5.73 Å². The first-order valence-corrected chi connectivity index (χ1v) is 10.6. The predicted molar refractivity (Wildman–Crippen MR) is 113 cm³/mol. The van der Waals surface area contributed by atoms with Gasteiger partial charge in [-0.15, -0.1) is 11.6 Å². The van der Waals surface area contributed by atoms with Crippen LogP contribution < -0.4 is 11.1 Å². The van der Waals surface area contributed by atoms with Gasteiger partial charge in [0.1, 0.15) is 32.8 Å². The monoisotopic (exact) mass is 512 g/mol. The van der Waals surface area contributed by atoms with Crippen molar-refractivity contribution in [1.82, 2.24) is 5.32 Å². The molecule has 2 aromatic rings. The molecular formula is C20H15Cl4F3N2O2. The Hall–Kier alpha value is -1.67. The Morgan fingerprint density at radius 1 is 1.10 bits per heavy atom. The molecule has 2 unspecified atom stereocenters. The van der Waals surface area contributed by atoms with Crippen molar-refractivity contribution in [3.8, 4) is 0 Å². The van der Waals surface area contributed by atoms with Gasteiger partial charge in [-0.25, -0.2) is 13.2 Å². The summed E-state index contributed by atoms with van der Waals surface area (Å²) in [5, 5.41) is 2.07. The average Bonchev–Trinajstić information content (AvgIpc) is 3.21. The molecular weight excluding hydrogens is 499 g/mol. The summed E-state index contributed by atoms with van der Waals surface area (Å²) >= 11 is 24.1. The molecule has 1 saturated carbocycles. The number of carbonyl (C=O) groups excluding carboxylic acids is 2. The molecule has 3 rings (SSSR count). The van der Waals surface area contributed by atoms with Gasteiger partial charge in [-0.3, -0.25) is 9.59 Å². The molecule has 2 aromatic carbocycles. The van der Waals surface area contributed by atoms with Crippen LogP contribution in [0.5, 0.6) is 0 Å². The lowest BCUT2D eigenvalue weighted by Crippen LogP contribution is -2.36. The van der Waals surface area contributed by atoms with Gasteiger partial charge in [0.25, 0.3) is 5.91 Å². The number of amides is 2. The lowest BCUT2D eigenvalue weighted by molar-refractivity contribution is -0.120. The maximum atomic E-state index is 15.4. The highest BCUT2D eigenvalue weighted by molar-refractivity contribution is 6.55. The maximum absolute atomic E-state index is 15.4. The average molecular weight is 514 g/mol. The number of rotatable bonds is 7. The number of nitrogens with one attached hydrogen (secondary N) is 1. The van der Waals surface area contributed by atoms with Gasteiger partial charge in [-0.2, -0.15) is 0 Å². The highest BCUT2D eigenvalue weighted by atomic mass is 35.5. The van der Waals surface area contributed by atoms with Gasteiger partial charge in [0.15, 0.2) is 0 Å². The van der Waals surface area contributed by atoms with E-state index in [1.54, 1.807) is 0 Å². The normalized spacial score (nSPS) is 21.6. The van der Waals surface area contributed by atoms with Crippen LogP contribution in [0, 0.1) is 17.5 Å². The predicted octanol–water partition coefficient (Wildman–Crippen LogP) is 4.81. The lowest BCUT2D eigenvalue weighted by atomic mass is 9.88. The number of benzene rings is 2. The van der Waals surface area contributed by atoms with E-state index in [-0.39, 0.29) is 23.0 Å². The molecule has 166 valence electrons. The summed E-state index contributed by atoms with van der Waals surface area (Å²) in [6.07, 6.45) is 0.376. The molecule has 1 fully saturated rings. The van der Waals surface area contributed by atoms with Gasteiger partial charge in [-0.05, 0) is 30.2 Å². The summed E-state index contributed by atoms with van der Waals surface area (Å²) in [7, 11) is 0. The molecule has 2 amide bonds. The van der Waals surface area contributed by atoms with E-state index < -0.39 is 56.1 Å². The molecule has 11 heteroatoms. The molecule has 0 bridgehead atoms. The molecule has 3 N–H and O–H groups in total. The van der Waals surface area contributed by atoms with E-state index in [4.69, 9.17) is 52.1 Å². The third-order valence-electron chi connectivity index (χ3n) is 5.24. The van der Waals surface area contributed by atoms with Crippen molar-refractivity contribution in [2.75, 3.05) is 12.4 Å². The Morgan fingerprint density at radius 3 is 2.32 bits per heavy atom. The van der Waals surface area contributed by atoms with E-state index in [2.05, 4.69) is 5.32 Å². The number of primary amides is 1. The molecule has 1 aliphatic carbocycles. The Bertz CT molecular complexity index is 1070. The molecule has 31 heavy (non-hydrogen) atoms. The summed E-state index contributed by atoms with van der Waals surface area (Å²) in [4.78, 5) is 24.9. The maximum Gasteiger partial charge on any atom is 0.257 e. The smallest absolute Gasteiger partial charge is 0.257 e. The number of nitrogens with two attached hydrogens (primary N) is 1. The fraction of sp³-hybridized carbons (Fsp3) is 0.300. The van der Waals surface area contributed by atoms with Crippen LogP contribution in [0.25, 0.3) is 0 Å². The first-order chi connectivity index (χ1) is 14.5. The molecule has 1 aliphatic rings. The van der Waals surface area contributed by atoms with Crippen LogP contribution in [0.3, 0.4) is 0 Å². The van der Waals surface area contributed by atoms with Crippen molar-refractivity contribution in [2.45, 2.75) is 22.1 Å². The Balaban J connectivity index is 2.14. The zero-order valence-corrected chi connectivity index (χ0v) is 18.6. The minimum atomic E-state index is -2.06. The highest BCUT2D eigenvalue weighted by Gasteiger charge is 2.81. The summed E-state index contributed by atoms with van der Waals surface area (Å²) in [6.45, 7) is 0.0814. The third kappa shape index (κ3) is 3.75. The number of carbonyl (C=O) groups is 2. The Labute approximate surface area is 195 Å². The van der Waals surface area contributed by atoms with Crippen molar-refractivity contribution in [1.29, 1.82) is 0 Å². The van der Waals surface area contributed by atoms with Gasteiger partial charge in [-0.1, -0.05) is 46.9 Å². The van der Waals surface area contributed by atoms with E-state index in [9.17, 15) is 18.4 Å². The minimum Gasteiger partial charge on any atom is -0.369 e. The number of halogens is 7. The van der Waals surface area contributed by atoms with Crippen molar-refractivity contribution >= 4 is 58.2 Å². The van der Waals surface area contributed by atoms with Gasteiger partial charge in [0.05, 0.1) is 5.02 Å². The van der Waals surface area contributed by atoms with E-state index in [1.165, 1.54) is 12.1 Å². The SMILES string of the molecule is NC(=O)C1(c2ccc(F)c(C(=O)NCCCCl)c2F)C(c2ccc(F)c(Cl)c2)C1(Cl)Cl. The van der Waals surface area contributed by atoms with Gasteiger partial charge < -0.3 is 11.1 Å². The fourth-order valence-corrected chi connectivity index (χ4v) is 5.15. The lowest BCUT2D eigenvalue weighted by Gasteiger charge is -2.18. The van der Waals surface area contributed by atoms with Crippen molar-refractivity contribution < 1.29 is 22.8 Å². The summed E-state index contributed by atoms with van der Waals surface area (Å²) in [6, 6.07) is 5.26. The van der Waals surface area contributed by atoms with Crippen LogP contribution in [0.1, 0.15) is 33.8 Å². The van der Waals surface area contributed by atoms with E-state index in [0.29, 0.717) is 6.42 Å². The zero-order chi connectivity index (χ0) is 23.1. The molecule has 0 saturated heterocycles. The van der Waals surface area contributed by atoms with Gasteiger partial charge in [0.2, 0.25) is 5.91 Å². The largest absolute Gasteiger partial charge is 0.369 e. The van der Waals surface area contributed by atoms with E-state index in [0.717, 1.165) is 18.2 Å². The second-order valence-electron chi connectivity index (χ2n) is 6.98. The Morgan fingerprint density at radius 2 is 1.74 bits per heavy atom. The third-order valence-corrected chi connectivity index (χ3v) is 6.83. The van der Waals surface area contributed by atoms with E-state index in [1.807, 2.05) is 0 Å². The number of alkyl halides is 3. The van der Waals surface area contributed by atoms with E-state index >= 15 is 4.39 Å². The molecule has 0 radical (unpaired) electrons. The molecule has 4 nitrogen and oxygen atoms in total. The van der Waals surface area contributed by atoms with Crippen molar-refractivity contribution in [3.63, 3.8) is 0 Å².